The number of nitrogens with one attached hydrogen (secondary N) is 1. The molecule has 2 aliphatic rings. The highest BCUT2D eigenvalue weighted by molar-refractivity contribution is 6.05. The lowest BCUT2D eigenvalue weighted by molar-refractivity contribution is 0.102. The maximum Gasteiger partial charge on any atom is 0.256 e. The van der Waals surface area contributed by atoms with Crippen molar-refractivity contribution >= 4 is 17.7 Å². The van der Waals surface area contributed by atoms with E-state index in [-0.39, 0.29) is 5.91 Å². The van der Waals surface area contributed by atoms with Crippen LogP contribution < -0.4 is 10.1 Å². The van der Waals surface area contributed by atoms with Crippen LogP contribution >= 0.6 is 0 Å². The molecule has 208 valence electrons. The molecule has 0 radical (unpaired) electrons. The summed E-state index contributed by atoms with van der Waals surface area (Å²) >= 11 is 0. The van der Waals surface area contributed by atoms with Gasteiger partial charge in [0.2, 0.25) is 0 Å². The number of piperazine rings is 1. The third-order valence-electron chi connectivity index (χ3n) is 7.94. The summed E-state index contributed by atoms with van der Waals surface area (Å²) in [5.74, 6) is 1.17. The van der Waals surface area contributed by atoms with Gasteiger partial charge in [-0.2, -0.15) is 0 Å². The zero-order valence-electron chi connectivity index (χ0n) is 23.9. The molecule has 4 aromatic rings. The molecule has 1 N–H and O–H groups in total. The molecule has 0 bridgehead atoms. The molecule has 0 saturated carbocycles. The summed E-state index contributed by atoms with van der Waals surface area (Å²) in [6, 6.07) is 17.7. The summed E-state index contributed by atoms with van der Waals surface area (Å²) in [7, 11) is 2.17. The smallest absolute Gasteiger partial charge is 0.256 e. The zero-order chi connectivity index (χ0) is 28.3. The Kier molecular flexibility index (Phi) is 7.63. The third kappa shape index (κ3) is 6.06. The van der Waals surface area contributed by atoms with Gasteiger partial charge < -0.3 is 15.0 Å². The monoisotopic (exact) mass is 545 g/mol. The fourth-order valence-corrected chi connectivity index (χ4v) is 5.39. The number of hydrogen-bond acceptors (Lipinski definition) is 6. The van der Waals surface area contributed by atoms with Gasteiger partial charge in [-0.05, 0) is 74.0 Å². The van der Waals surface area contributed by atoms with Crippen LogP contribution in [0.5, 0.6) is 11.5 Å². The summed E-state index contributed by atoms with van der Waals surface area (Å²) in [6.45, 7) is 9.35. The van der Waals surface area contributed by atoms with Crippen molar-refractivity contribution in [3.8, 4) is 22.8 Å². The highest BCUT2D eigenvalue weighted by Gasteiger charge is 2.19. The number of carbonyl (C=O) groups excluding carboxylic acids is 1. The first kappa shape index (κ1) is 26.9. The van der Waals surface area contributed by atoms with E-state index in [1.807, 2.05) is 55.5 Å². The van der Waals surface area contributed by atoms with Crippen molar-refractivity contribution in [2.24, 2.45) is 0 Å². The molecule has 0 atom stereocenters. The van der Waals surface area contributed by atoms with Gasteiger partial charge in [0.1, 0.15) is 11.5 Å². The minimum Gasteiger partial charge on any atom is -0.457 e. The number of rotatable bonds is 7. The Labute approximate surface area is 241 Å². The molecule has 0 spiro atoms. The van der Waals surface area contributed by atoms with Crippen molar-refractivity contribution in [3.05, 3.63) is 107 Å². The number of aromatic nitrogens is 2. The first-order valence-corrected chi connectivity index (χ1v) is 14.1. The molecule has 1 fully saturated rings. The first-order chi connectivity index (χ1) is 19.9. The number of benzene rings is 2. The topological polar surface area (TPSA) is 70.6 Å². The number of likely N-dealkylation sites (N-methyl/N-ethyl adjacent to an activating group) is 1. The Morgan fingerprint density at radius 1 is 0.951 bits per heavy atom. The van der Waals surface area contributed by atoms with Crippen LogP contribution in [0.25, 0.3) is 17.3 Å². The van der Waals surface area contributed by atoms with Crippen LogP contribution in [-0.4, -0.2) is 58.9 Å². The van der Waals surface area contributed by atoms with Crippen molar-refractivity contribution in [1.29, 1.82) is 0 Å². The SMILES string of the molecule is Cc1cc(NC(=O)c2cc(Oc3cc(-c4ccncc4)nc4c3C=CC4)ccc2C)ccc1CN1CCN(C)CC1. The largest absolute Gasteiger partial charge is 0.457 e. The van der Waals surface area contributed by atoms with Crippen molar-refractivity contribution in [3.63, 3.8) is 0 Å². The molecule has 7 heteroatoms. The van der Waals surface area contributed by atoms with Crippen LogP contribution in [0, 0.1) is 13.8 Å². The highest BCUT2D eigenvalue weighted by atomic mass is 16.5. The van der Waals surface area contributed by atoms with E-state index in [4.69, 9.17) is 9.72 Å². The van der Waals surface area contributed by atoms with Gasteiger partial charge in [0, 0.05) is 80.0 Å². The van der Waals surface area contributed by atoms with E-state index in [1.54, 1.807) is 12.4 Å². The van der Waals surface area contributed by atoms with Gasteiger partial charge in [0.25, 0.3) is 5.91 Å². The third-order valence-corrected chi connectivity index (χ3v) is 7.94. The summed E-state index contributed by atoms with van der Waals surface area (Å²) in [6.07, 6.45) is 8.42. The van der Waals surface area contributed by atoms with Gasteiger partial charge in [0.05, 0.1) is 11.4 Å². The number of fused-ring (bicyclic) bond motifs is 1. The van der Waals surface area contributed by atoms with Gasteiger partial charge in [0.15, 0.2) is 0 Å². The van der Waals surface area contributed by atoms with Crippen molar-refractivity contribution in [1.82, 2.24) is 19.8 Å². The van der Waals surface area contributed by atoms with Crippen LogP contribution in [0.2, 0.25) is 0 Å². The van der Waals surface area contributed by atoms with E-state index < -0.39 is 0 Å². The number of nitrogens with zero attached hydrogens (tertiary/aromatic N) is 4. The molecule has 1 aliphatic heterocycles. The minimum atomic E-state index is -0.156. The van der Waals surface area contributed by atoms with Crippen molar-refractivity contribution < 1.29 is 9.53 Å². The number of amides is 1. The van der Waals surface area contributed by atoms with Gasteiger partial charge in [-0.3, -0.25) is 19.7 Å². The first-order valence-electron chi connectivity index (χ1n) is 14.1. The van der Waals surface area contributed by atoms with Gasteiger partial charge in [-0.15, -0.1) is 0 Å². The highest BCUT2D eigenvalue weighted by Crippen LogP contribution is 2.35. The standard InChI is InChI=1S/C34H35N5O2/c1-23-7-10-28(41-33-21-32(25-11-13-35-14-12-25)37-31-6-4-5-29(31)33)20-30(23)34(40)36-27-9-8-26(24(2)19-27)22-39-17-15-38(3)16-18-39/h4-5,7-14,19-21H,6,15-18,22H2,1-3H3,(H,36,40). The predicted octanol–water partition coefficient (Wildman–Crippen LogP) is 6.12. The number of carbonyl (C=O) groups is 1. The van der Waals surface area contributed by atoms with E-state index in [2.05, 4.69) is 52.3 Å². The Bertz CT molecular complexity index is 1610. The van der Waals surface area contributed by atoms with Crippen molar-refractivity contribution in [2.75, 3.05) is 38.5 Å². The van der Waals surface area contributed by atoms with Crippen LogP contribution in [0.3, 0.4) is 0 Å². The number of pyridine rings is 2. The van der Waals surface area contributed by atoms with E-state index in [0.29, 0.717) is 11.3 Å². The van der Waals surface area contributed by atoms with Crippen LogP contribution in [0.4, 0.5) is 5.69 Å². The fraction of sp³-hybridized carbons (Fsp3) is 0.265. The molecule has 1 saturated heterocycles. The molecule has 1 amide bonds. The number of allylic oxidation sites excluding steroid dienone is 1. The Morgan fingerprint density at radius 2 is 1.76 bits per heavy atom. The number of anilines is 1. The van der Waals surface area contributed by atoms with Gasteiger partial charge in [-0.1, -0.05) is 24.3 Å². The van der Waals surface area contributed by atoms with Crippen molar-refractivity contribution in [2.45, 2.75) is 26.8 Å². The maximum atomic E-state index is 13.4. The Hall–Kier alpha value is -4.33. The van der Waals surface area contributed by atoms with Crippen LogP contribution in [-0.2, 0) is 13.0 Å². The summed E-state index contributed by atoms with van der Waals surface area (Å²) in [5, 5.41) is 3.10. The molecule has 2 aromatic carbocycles. The van der Waals surface area contributed by atoms with E-state index in [0.717, 1.165) is 78.7 Å². The molecular formula is C34H35N5O2. The maximum absolute atomic E-state index is 13.4. The molecular weight excluding hydrogens is 510 g/mol. The normalized spacial score (nSPS) is 15.1. The van der Waals surface area contributed by atoms with E-state index >= 15 is 0 Å². The molecule has 1 aliphatic carbocycles. The molecule has 7 nitrogen and oxygen atoms in total. The second-order valence-electron chi connectivity index (χ2n) is 11.0. The number of hydrogen-bond donors (Lipinski definition) is 1. The Morgan fingerprint density at radius 3 is 2.54 bits per heavy atom. The lowest BCUT2D eigenvalue weighted by Crippen LogP contribution is -2.43. The van der Waals surface area contributed by atoms with Gasteiger partial charge >= 0.3 is 0 Å². The molecule has 6 rings (SSSR count). The summed E-state index contributed by atoms with van der Waals surface area (Å²) < 4.78 is 6.40. The summed E-state index contributed by atoms with van der Waals surface area (Å²) in [4.78, 5) is 27.2. The van der Waals surface area contributed by atoms with E-state index in [9.17, 15) is 4.79 Å². The minimum absolute atomic E-state index is 0.156. The summed E-state index contributed by atoms with van der Waals surface area (Å²) in [5.41, 5.74) is 8.50. The second kappa shape index (κ2) is 11.6. The zero-order valence-corrected chi connectivity index (χ0v) is 23.9. The predicted molar refractivity (Wildman–Crippen MR) is 163 cm³/mol. The van der Waals surface area contributed by atoms with Gasteiger partial charge in [-0.25, -0.2) is 0 Å². The second-order valence-corrected chi connectivity index (χ2v) is 11.0. The molecule has 41 heavy (non-hydrogen) atoms. The van der Waals surface area contributed by atoms with E-state index in [1.165, 1.54) is 11.1 Å². The number of ether oxygens (including phenoxy) is 1. The van der Waals surface area contributed by atoms with Crippen LogP contribution in [0.15, 0.2) is 73.1 Å². The average molecular weight is 546 g/mol. The Balaban J connectivity index is 1.19. The molecule has 0 unspecified atom stereocenters. The molecule has 3 heterocycles. The van der Waals surface area contributed by atoms with Crippen LogP contribution in [0.1, 0.15) is 38.3 Å². The lowest BCUT2D eigenvalue weighted by Gasteiger charge is -2.32. The number of aryl methyl sites for hydroxylation is 2. The lowest BCUT2D eigenvalue weighted by atomic mass is 10.1. The fourth-order valence-electron chi connectivity index (χ4n) is 5.39. The average Bonchev–Trinajstić information content (AvgIpc) is 3.46. The molecule has 2 aromatic heterocycles. The quantitative estimate of drug-likeness (QED) is 0.302.